The number of nitrogens with zero attached hydrogens (tertiary/aromatic N) is 1. The van der Waals surface area contributed by atoms with Gasteiger partial charge in [-0.25, -0.2) is 0 Å². The average Bonchev–Trinajstić information content (AvgIpc) is 2.61. The first-order valence-electron chi connectivity index (χ1n) is 8.59. The van der Waals surface area contributed by atoms with E-state index in [2.05, 4.69) is 11.8 Å². The fraction of sp³-hybridized carbons (Fsp3) is 0.350. The Morgan fingerprint density at radius 2 is 2.12 bits per heavy atom. The predicted molar refractivity (Wildman–Crippen MR) is 97.4 cm³/mol. The second kappa shape index (κ2) is 9.65. The molecular formula is C20H21ClNNaO3. The summed E-state index contributed by atoms with van der Waals surface area (Å²) in [6, 6.07) is 11.0. The number of benzene rings is 2. The molecule has 0 N–H and O–H groups in total. The molecule has 0 unspecified atom stereocenters. The molecule has 0 radical (unpaired) electrons. The predicted octanol–water partition coefficient (Wildman–Crippen LogP) is 0.449. The molecule has 0 fully saturated rings. The number of carbonyl (C=O) groups excluding carboxylic acids is 1. The standard InChI is InChI=1S/C20H22ClNO3.Na/c1-2-11-25-19-9-8-15(21)12-14(19)13-22-10-4-6-16-17(20(23)24)5-3-7-18(16)22;/h3,5,7-9,12H,2,4,6,10-11,13H2,1H3,(H,23,24);/q;+1/p-1. The molecule has 3 rings (SSSR count). The second-order valence-electron chi connectivity index (χ2n) is 6.22. The molecule has 0 spiro atoms. The second-order valence-corrected chi connectivity index (χ2v) is 6.65. The van der Waals surface area contributed by atoms with E-state index in [-0.39, 0.29) is 35.1 Å². The van der Waals surface area contributed by atoms with Gasteiger partial charge in [0.05, 0.1) is 12.6 Å². The van der Waals surface area contributed by atoms with E-state index in [9.17, 15) is 9.90 Å². The summed E-state index contributed by atoms with van der Waals surface area (Å²) in [5.41, 5.74) is 3.10. The number of carboxylic acid groups (broad SMARTS) is 1. The van der Waals surface area contributed by atoms with Crippen molar-refractivity contribution in [2.24, 2.45) is 0 Å². The van der Waals surface area contributed by atoms with E-state index in [1.807, 2.05) is 24.3 Å². The largest absolute Gasteiger partial charge is 1.00 e. The van der Waals surface area contributed by atoms with E-state index in [4.69, 9.17) is 16.3 Å². The van der Waals surface area contributed by atoms with Gasteiger partial charge in [0.25, 0.3) is 0 Å². The van der Waals surface area contributed by atoms with Crippen LogP contribution in [0.5, 0.6) is 5.75 Å². The maximum atomic E-state index is 11.4. The van der Waals surface area contributed by atoms with Crippen molar-refractivity contribution in [1.29, 1.82) is 0 Å². The van der Waals surface area contributed by atoms with Crippen LogP contribution in [0, 0.1) is 0 Å². The van der Waals surface area contributed by atoms with E-state index in [1.54, 1.807) is 12.1 Å². The van der Waals surface area contributed by atoms with E-state index in [1.165, 1.54) is 0 Å². The van der Waals surface area contributed by atoms with E-state index >= 15 is 0 Å². The van der Waals surface area contributed by atoms with Crippen molar-refractivity contribution >= 4 is 23.3 Å². The summed E-state index contributed by atoms with van der Waals surface area (Å²) in [5.74, 6) is -0.289. The van der Waals surface area contributed by atoms with Gasteiger partial charge in [0, 0.05) is 34.9 Å². The number of hydrogen-bond acceptors (Lipinski definition) is 4. The van der Waals surface area contributed by atoms with Crippen molar-refractivity contribution in [2.75, 3.05) is 18.1 Å². The van der Waals surface area contributed by atoms with Crippen LogP contribution in [0.4, 0.5) is 5.69 Å². The quantitative estimate of drug-likeness (QED) is 0.682. The zero-order chi connectivity index (χ0) is 17.8. The number of aromatic carboxylic acids is 1. The van der Waals surface area contributed by atoms with Crippen molar-refractivity contribution in [1.82, 2.24) is 0 Å². The van der Waals surface area contributed by atoms with Gasteiger partial charge in [-0.05, 0) is 49.1 Å². The number of rotatable bonds is 6. The van der Waals surface area contributed by atoms with Gasteiger partial charge in [-0.2, -0.15) is 0 Å². The van der Waals surface area contributed by atoms with Gasteiger partial charge in [0.1, 0.15) is 5.75 Å². The van der Waals surface area contributed by atoms with Crippen LogP contribution < -0.4 is 44.3 Å². The van der Waals surface area contributed by atoms with Crippen LogP contribution in [0.1, 0.15) is 41.3 Å². The normalized spacial score (nSPS) is 12.9. The first-order valence-corrected chi connectivity index (χ1v) is 8.97. The summed E-state index contributed by atoms with van der Waals surface area (Å²) in [6.07, 6.45) is 2.59. The smallest absolute Gasteiger partial charge is 0.545 e. The number of hydrogen-bond donors (Lipinski definition) is 0. The van der Waals surface area contributed by atoms with Crippen molar-refractivity contribution in [3.63, 3.8) is 0 Å². The Labute approximate surface area is 181 Å². The summed E-state index contributed by atoms with van der Waals surface area (Å²) in [5, 5.41) is 12.1. The minimum absolute atomic E-state index is 0. The summed E-state index contributed by atoms with van der Waals surface area (Å²) in [6.45, 7) is 4.21. The maximum Gasteiger partial charge on any atom is 1.00 e. The van der Waals surface area contributed by atoms with Crippen molar-refractivity contribution in [2.45, 2.75) is 32.7 Å². The molecular weight excluding hydrogens is 361 g/mol. The number of ether oxygens (including phenoxy) is 1. The summed E-state index contributed by atoms with van der Waals surface area (Å²) >= 11 is 6.18. The van der Waals surface area contributed by atoms with E-state index in [0.29, 0.717) is 18.2 Å². The Morgan fingerprint density at radius 3 is 2.85 bits per heavy atom. The zero-order valence-electron chi connectivity index (χ0n) is 15.3. The Hall–Kier alpha value is -1.20. The van der Waals surface area contributed by atoms with Crippen LogP contribution in [0.3, 0.4) is 0 Å². The number of carboxylic acids is 1. The topological polar surface area (TPSA) is 52.6 Å². The molecule has 2 aromatic carbocycles. The summed E-state index contributed by atoms with van der Waals surface area (Å²) in [4.78, 5) is 13.6. The third-order valence-corrected chi connectivity index (χ3v) is 4.65. The van der Waals surface area contributed by atoms with Crippen LogP contribution in [0.2, 0.25) is 5.02 Å². The van der Waals surface area contributed by atoms with Crippen LogP contribution in [0.15, 0.2) is 36.4 Å². The molecule has 4 nitrogen and oxygen atoms in total. The Kier molecular flexibility index (Phi) is 7.84. The molecule has 0 saturated carbocycles. The maximum absolute atomic E-state index is 11.4. The van der Waals surface area contributed by atoms with Crippen LogP contribution in [-0.4, -0.2) is 19.1 Å². The van der Waals surface area contributed by atoms with E-state index < -0.39 is 5.97 Å². The SMILES string of the molecule is CCCOc1ccc(Cl)cc1CN1CCCc2c(C(=O)[O-])cccc21.[Na+]. The van der Waals surface area contributed by atoms with Gasteiger partial charge in [-0.1, -0.05) is 30.7 Å². The molecule has 1 aliphatic heterocycles. The molecule has 0 saturated heterocycles. The van der Waals surface area contributed by atoms with Crippen LogP contribution >= 0.6 is 11.6 Å². The van der Waals surface area contributed by atoms with Crippen LogP contribution in [-0.2, 0) is 13.0 Å². The van der Waals surface area contributed by atoms with Gasteiger partial charge in [0.2, 0.25) is 0 Å². The summed E-state index contributed by atoms with van der Waals surface area (Å²) in [7, 11) is 0. The molecule has 132 valence electrons. The number of anilines is 1. The molecule has 0 amide bonds. The van der Waals surface area contributed by atoms with Gasteiger partial charge in [0.15, 0.2) is 0 Å². The first-order chi connectivity index (χ1) is 12.1. The van der Waals surface area contributed by atoms with Crippen molar-refractivity contribution < 1.29 is 44.2 Å². The number of halogens is 1. The fourth-order valence-corrected chi connectivity index (χ4v) is 3.48. The minimum Gasteiger partial charge on any atom is -0.545 e. The number of carbonyl (C=O) groups is 1. The molecule has 2 aromatic rings. The van der Waals surface area contributed by atoms with Crippen molar-refractivity contribution in [3.8, 4) is 5.75 Å². The molecule has 0 atom stereocenters. The summed E-state index contributed by atoms with van der Waals surface area (Å²) < 4.78 is 5.84. The molecule has 1 aliphatic rings. The number of fused-ring (bicyclic) bond motifs is 1. The van der Waals surface area contributed by atoms with Gasteiger partial charge in [-0.3, -0.25) is 0 Å². The molecule has 1 heterocycles. The average molecular weight is 382 g/mol. The van der Waals surface area contributed by atoms with Gasteiger partial charge >= 0.3 is 29.6 Å². The Balaban J connectivity index is 0.00000243. The van der Waals surface area contributed by atoms with E-state index in [0.717, 1.165) is 48.4 Å². The molecule has 0 aliphatic carbocycles. The minimum atomic E-state index is -1.12. The Morgan fingerprint density at radius 1 is 1.31 bits per heavy atom. The fourth-order valence-electron chi connectivity index (χ4n) is 3.29. The molecule has 26 heavy (non-hydrogen) atoms. The van der Waals surface area contributed by atoms with Gasteiger partial charge in [-0.15, -0.1) is 0 Å². The third-order valence-electron chi connectivity index (χ3n) is 4.41. The van der Waals surface area contributed by atoms with Crippen molar-refractivity contribution in [3.05, 3.63) is 58.1 Å². The molecule has 0 aromatic heterocycles. The molecule has 6 heteroatoms. The zero-order valence-corrected chi connectivity index (χ0v) is 18.0. The Bertz CT molecular complexity index is 782. The van der Waals surface area contributed by atoms with Gasteiger partial charge < -0.3 is 19.5 Å². The molecule has 0 bridgehead atoms. The third kappa shape index (κ3) is 4.74. The monoisotopic (exact) mass is 381 g/mol. The van der Waals surface area contributed by atoms with Crippen LogP contribution in [0.25, 0.3) is 0 Å². The first kappa shape index (κ1) is 21.1.